The highest BCUT2D eigenvalue weighted by Crippen LogP contribution is 2.25. The molecule has 2 aromatic rings. The highest BCUT2D eigenvalue weighted by Gasteiger charge is 2.31. The Labute approximate surface area is 166 Å². The van der Waals surface area contributed by atoms with E-state index in [2.05, 4.69) is 36.6 Å². The van der Waals surface area contributed by atoms with Crippen LogP contribution in [0.4, 0.5) is 5.69 Å². The maximum absolute atomic E-state index is 13.1. The lowest BCUT2D eigenvalue weighted by atomic mass is 9.95. The Morgan fingerprint density at radius 3 is 2.75 bits per heavy atom. The molecule has 0 saturated carbocycles. The van der Waals surface area contributed by atoms with Gasteiger partial charge in [0.15, 0.2) is 5.65 Å². The van der Waals surface area contributed by atoms with E-state index in [1.165, 1.54) is 12.8 Å². The van der Waals surface area contributed by atoms with Crippen molar-refractivity contribution < 1.29 is 4.79 Å². The molecule has 1 atom stereocenters. The number of hydrogen-bond acceptors (Lipinski definition) is 6. The largest absolute Gasteiger partial charge is 0.369 e. The van der Waals surface area contributed by atoms with Gasteiger partial charge in [0, 0.05) is 51.7 Å². The van der Waals surface area contributed by atoms with Crippen LogP contribution in [-0.4, -0.2) is 76.5 Å². The van der Waals surface area contributed by atoms with Gasteiger partial charge < -0.3 is 9.80 Å². The van der Waals surface area contributed by atoms with E-state index in [0.29, 0.717) is 11.6 Å². The summed E-state index contributed by atoms with van der Waals surface area (Å²) in [5.41, 5.74) is 2.50. The molecular weight excluding hydrogens is 352 g/mol. The van der Waals surface area contributed by atoms with Crippen LogP contribution in [0.15, 0.2) is 24.7 Å². The number of anilines is 1. The van der Waals surface area contributed by atoms with Crippen LogP contribution in [0.1, 0.15) is 32.6 Å². The lowest BCUT2D eigenvalue weighted by Gasteiger charge is -2.39. The van der Waals surface area contributed by atoms with E-state index in [4.69, 9.17) is 0 Å². The molecule has 150 valence electrons. The Kier molecular flexibility index (Phi) is 6.00. The molecule has 1 amide bonds. The number of carbonyl (C=O) groups excluding carboxylic acids is 1. The van der Waals surface area contributed by atoms with Gasteiger partial charge in [-0.25, -0.2) is 9.97 Å². The van der Waals surface area contributed by atoms with Gasteiger partial charge in [0.2, 0.25) is 5.91 Å². The van der Waals surface area contributed by atoms with Crippen LogP contribution in [0.2, 0.25) is 0 Å². The molecule has 0 radical (unpaired) electrons. The fourth-order valence-corrected chi connectivity index (χ4v) is 4.27. The molecule has 2 aliphatic rings. The minimum Gasteiger partial charge on any atom is -0.369 e. The van der Waals surface area contributed by atoms with Gasteiger partial charge in [-0.3, -0.25) is 14.7 Å². The lowest BCUT2D eigenvalue weighted by Crippen LogP contribution is -2.52. The van der Waals surface area contributed by atoms with Crippen LogP contribution < -0.4 is 4.90 Å². The number of fused-ring (bicyclic) bond motifs is 1. The molecule has 4 rings (SSSR count). The topological polar surface area (TPSA) is 65.5 Å². The first-order valence-corrected chi connectivity index (χ1v) is 10.6. The number of aromatic nitrogens is 3. The second-order valence-corrected chi connectivity index (χ2v) is 7.90. The third-order valence-electron chi connectivity index (χ3n) is 5.96. The van der Waals surface area contributed by atoms with Crippen molar-refractivity contribution in [1.29, 1.82) is 0 Å². The first-order valence-electron chi connectivity index (χ1n) is 10.6. The Hall–Kier alpha value is -2.28. The van der Waals surface area contributed by atoms with Crippen LogP contribution in [-0.2, 0) is 4.79 Å². The van der Waals surface area contributed by atoms with Gasteiger partial charge in [-0.2, -0.15) is 0 Å². The number of piperazine rings is 1. The van der Waals surface area contributed by atoms with Crippen molar-refractivity contribution in [1.82, 2.24) is 24.8 Å². The summed E-state index contributed by atoms with van der Waals surface area (Å²) in [4.78, 5) is 33.0. The second-order valence-electron chi connectivity index (χ2n) is 7.90. The van der Waals surface area contributed by atoms with Crippen molar-refractivity contribution in [2.24, 2.45) is 5.92 Å². The van der Waals surface area contributed by atoms with Gasteiger partial charge in [-0.15, -0.1) is 0 Å². The predicted octanol–water partition coefficient (Wildman–Crippen LogP) is 2.19. The van der Waals surface area contributed by atoms with Crippen molar-refractivity contribution in [2.45, 2.75) is 32.6 Å². The zero-order valence-corrected chi connectivity index (χ0v) is 16.8. The van der Waals surface area contributed by atoms with Crippen LogP contribution in [0.3, 0.4) is 0 Å². The first-order chi connectivity index (χ1) is 13.7. The van der Waals surface area contributed by atoms with Crippen LogP contribution in [0.25, 0.3) is 11.2 Å². The summed E-state index contributed by atoms with van der Waals surface area (Å²) < 4.78 is 0. The predicted molar refractivity (Wildman–Crippen MR) is 110 cm³/mol. The SMILES string of the molecule is CCCCN1CCN(C(=O)[C@@H]2CCCN(c3cnc4nccnc4c3)C2)CC1. The lowest BCUT2D eigenvalue weighted by molar-refractivity contribution is -0.137. The van der Waals surface area contributed by atoms with Crippen molar-refractivity contribution in [3.63, 3.8) is 0 Å². The van der Waals surface area contributed by atoms with Crippen molar-refractivity contribution in [3.05, 3.63) is 24.7 Å². The number of amides is 1. The maximum Gasteiger partial charge on any atom is 0.227 e. The fraction of sp³-hybridized carbons (Fsp3) is 0.619. The Bertz CT molecular complexity index is 804. The standard InChI is InChI=1S/C21H30N6O/c1-2-3-8-25-10-12-26(13-11-25)21(28)17-5-4-9-27(16-17)18-14-19-20(24-15-18)23-7-6-22-19/h6-7,14-15,17H,2-5,8-13,16H2,1H3/t17-/m1/s1. The minimum atomic E-state index is 0.0773. The van der Waals surface area contributed by atoms with Gasteiger partial charge in [0.1, 0.15) is 5.52 Å². The van der Waals surface area contributed by atoms with Crippen molar-refractivity contribution in [3.8, 4) is 0 Å². The van der Waals surface area contributed by atoms with Gasteiger partial charge in [0.05, 0.1) is 17.8 Å². The summed E-state index contributed by atoms with van der Waals surface area (Å²) in [7, 11) is 0. The molecular formula is C21H30N6O. The molecule has 28 heavy (non-hydrogen) atoms. The van der Waals surface area contributed by atoms with E-state index in [-0.39, 0.29) is 5.92 Å². The Morgan fingerprint density at radius 2 is 1.93 bits per heavy atom. The van der Waals surface area contributed by atoms with Crippen molar-refractivity contribution in [2.75, 3.05) is 50.7 Å². The molecule has 7 nitrogen and oxygen atoms in total. The smallest absolute Gasteiger partial charge is 0.227 e. The summed E-state index contributed by atoms with van der Waals surface area (Å²) in [5, 5.41) is 0. The van der Waals surface area contributed by atoms with Crippen LogP contribution >= 0.6 is 0 Å². The van der Waals surface area contributed by atoms with E-state index in [9.17, 15) is 4.79 Å². The van der Waals surface area contributed by atoms with E-state index < -0.39 is 0 Å². The molecule has 2 aliphatic heterocycles. The van der Waals surface area contributed by atoms with Crippen LogP contribution in [0, 0.1) is 5.92 Å². The number of hydrogen-bond donors (Lipinski definition) is 0. The van der Waals surface area contributed by atoms with Gasteiger partial charge in [-0.1, -0.05) is 13.3 Å². The number of rotatable bonds is 5. The van der Waals surface area contributed by atoms with Gasteiger partial charge in [-0.05, 0) is 31.9 Å². The average molecular weight is 383 g/mol. The maximum atomic E-state index is 13.1. The molecule has 0 aliphatic carbocycles. The number of piperidine rings is 1. The van der Waals surface area contributed by atoms with E-state index in [1.54, 1.807) is 12.4 Å². The molecule has 0 bridgehead atoms. The molecule has 0 N–H and O–H groups in total. The van der Waals surface area contributed by atoms with Gasteiger partial charge >= 0.3 is 0 Å². The average Bonchev–Trinajstić information content (AvgIpc) is 2.77. The highest BCUT2D eigenvalue weighted by atomic mass is 16.2. The highest BCUT2D eigenvalue weighted by molar-refractivity contribution is 5.80. The molecule has 0 aromatic carbocycles. The van der Waals surface area contributed by atoms with E-state index in [0.717, 1.165) is 69.9 Å². The first kappa shape index (κ1) is 19.1. The molecule has 2 saturated heterocycles. The summed E-state index contributed by atoms with van der Waals surface area (Å²) >= 11 is 0. The number of pyridine rings is 1. The van der Waals surface area contributed by atoms with E-state index >= 15 is 0 Å². The zero-order chi connectivity index (χ0) is 19.3. The second kappa shape index (κ2) is 8.82. The Morgan fingerprint density at radius 1 is 1.11 bits per heavy atom. The molecule has 2 fully saturated rings. The summed E-state index contributed by atoms with van der Waals surface area (Å²) in [6, 6.07) is 2.04. The quantitative estimate of drug-likeness (QED) is 0.790. The van der Waals surface area contributed by atoms with Crippen molar-refractivity contribution >= 4 is 22.8 Å². The molecule has 0 spiro atoms. The third kappa shape index (κ3) is 4.24. The minimum absolute atomic E-state index is 0.0773. The normalized spacial score (nSPS) is 21.2. The summed E-state index contributed by atoms with van der Waals surface area (Å²) in [6.45, 7) is 8.87. The molecule has 4 heterocycles. The van der Waals surface area contributed by atoms with E-state index in [1.807, 2.05) is 12.3 Å². The van der Waals surface area contributed by atoms with Gasteiger partial charge in [0.25, 0.3) is 0 Å². The molecule has 0 unspecified atom stereocenters. The number of nitrogens with zero attached hydrogens (tertiary/aromatic N) is 6. The monoisotopic (exact) mass is 382 g/mol. The Balaban J connectivity index is 1.37. The zero-order valence-electron chi connectivity index (χ0n) is 16.8. The summed E-state index contributed by atoms with van der Waals surface area (Å²) in [5.74, 6) is 0.405. The molecule has 7 heteroatoms. The third-order valence-corrected chi connectivity index (χ3v) is 5.96. The molecule has 2 aromatic heterocycles. The number of unbranched alkanes of at least 4 members (excludes halogenated alkanes) is 1. The fourth-order valence-electron chi connectivity index (χ4n) is 4.27. The summed E-state index contributed by atoms with van der Waals surface area (Å²) in [6.07, 6.45) is 9.69. The van der Waals surface area contributed by atoms with Crippen LogP contribution in [0.5, 0.6) is 0 Å². The number of carbonyl (C=O) groups is 1.